The van der Waals surface area contributed by atoms with Crippen molar-refractivity contribution in [3.63, 3.8) is 0 Å². The van der Waals surface area contributed by atoms with E-state index in [1.165, 1.54) is 37.0 Å². The van der Waals surface area contributed by atoms with Gasteiger partial charge in [0.05, 0.1) is 29.3 Å². The number of carbonyl (C=O) groups is 1. The molecule has 1 N–H and O–H groups in total. The summed E-state index contributed by atoms with van der Waals surface area (Å²) in [5, 5.41) is 3.76. The number of amides is 1. The van der Waals surface area contributed by atoms with Gasteiger partial charge in [0.1, 0.15) is 12.3 Å². The number of anilines is 1. The lowest BCUT2D eigenvalue weighted by Crippen LogP contribution is -2.39. The maximum atomic E-state index is 13.0. The Hall–Kier alpha value is -3.46. The lowest BCUT2D eigenvalue weighted by Gasteiger charge is -2.23. The number of carbonyl (C=O) groups excluding carboxylic acids is 1. The van der Waals surface area contributed by atoms with E-state index < -0.39 is 22.5 Å². The van der Waals surface area contributed by atoms with E-state index in [4.69, 9.17) is 4.42 Å². The molecule has 27 heavy (non-hydrogen) atoms. The van der Waals surface area contributed by atoms with Crippen LogP contribution in [0.5, 0.6) is 0 Å². The van der Waals surface area contributed by atoms with Crippen molar-refractivity contribution in [2.75, 3.05) is 10.8 Å². The van der Waals surface area contributed by atoms with Crippen LogP contribution >= 0.6 is 0 Å². The molecule has 8 nitrogen and oxygen atoms in total. The molecule has 9 heteroatoms. The van der Waals surface area contributed by atoms with Crippen LogP contribution in [-0.2, 0) is 14.8 Å². The molecule has 3 aromatic rings. The van der Waals surface area contributed by atoms with E-state index in [9.17, 15) is 13.2 Å². The maximum Gasteiger partial charge on any atom is 0.264 e. The van der Waals surface area contributed by atoms with Gasteiger partial charge in [0.2, 0.25) is 0 Å². The van der Waals surface area contributed by atoms with Crippen molar-refractivity contribution in [2.45, 2.75) is 4.90 Å². The Balaban J connectivity index is 1.82. The van der Waals surface area contributed by atoms with Gasteiger partial charge in [0.15, 0.2) is 0 Å². The van der Waals surface area contributed by atoms with Crippen LogP contribution in [0.25, 0.3) is 0 Å². The molecule has 0 aliphatic carbocycles. The lowest BCUT2D eigenvalue weighted by atomic mass is 10.4. The quantitative estimate of drug-likeness (QED) is 0.496. The molecule has 0 aliphatic rings. The Morgan fingerprint density at radius 2 is 1.96 bits per heavy atom. The third kappa shape index (κ3) is 4.59. The monoisotopic (exact) mass is 384 g/mol. The van der Waals surface area contributed by atoms with Gasteiger partial charge in [-0.05, 0) is 36.4 Å². The summed E-state index contributed by atoms with van der Waals surface area (Å²) in [4.78, 5) is 16.3. The summed E-state index contributed by atoms with van der Waals surface area (Å²) in [6.45, 7) is -0.460. The van der Waals surface area contributed by atoms with Crippen molar-refractivity contribution in [3.05, 3.63) is 79.0 Å². The van der Waals surface area contributed by atoms with Crippen LogP contribution in [0.4, 0.5) is 5.69 Å². The van der Waals surface area contributed by atoms with Crippen molar-refractivity contribution in [1.82, 2.24) is 10.4 Å². The molecule has 138 valence electrons. The van der Waals surface area contributed by atoms with Crippen LogP contribution in [0.1, 0.15) is 5.76 Å². The van der Waals surface area contributed by atoms with Crippen LogP contribution in [0, 0.1) is 0 Å². The number of nitrogens with one attached hydrogen (secondary N) is 1. The van der Waals surface area contributed by atoms with Crippen molar-refractivity contribution in [2.24, 2.45) is 5.10 Å². The van der Waals surface area contributed by atoms with Gasteiger partial charge in [-0.2, -0.15) is 5.10 Å². The third-order valence-electron chi connectivity index (χ3n) is 3.48. The number of sulfonamides is 1. The second kappa shape index (κ2) is 8.28. The first-order valence-corrected chi connectivity index (χ1v) is 9.34. The van der Waals surface area contributed by atoms with E-state index in [1.807, 2.05) is 0 Å². The van der Waals surface area contributed by atoms with Crippen molar-refractivity contribution >= 4 is 27.8 Å². The molecule has 0 bridgehead atoms. The number of rotatable bonds is 7. The smallest absolute Gasteiger partial charge is 0.264 e. The molecule has 0 spiro atoms. The minimum absolute atomic E-state index is 0.0701. The van der Waals surface area contributed by atoms with Crippen molar-refractivity contribution in [3.8, 4) is 0 Å². The number of aromatic nitrogens is 1. The molecule has 0 unspecified atom stereocenters. The molecule has 0 saturated heterocycles. The van der Waals surface area contributed by atoms with Gasteiger partial charge in [-0.25, -0.2) is 13.8 Å². The Labute approximate surface area is 156 Å². The highest BCUT2D eigenvalue weighted by atomic mass is 32.2. The zero-order valence-corrected chi connectivity index (χ0v) is 14.9. The molecule has 0 atom stereocenters. The number of benzene rings is 1. The Morgan fingerprint density at radius 3 is 2.63 bits per heavy atom. The summed E-state index contributed by atoms with van der Waals surface area (Å²) in [5.74, 6) is -0.155. The Bertz CT molecular complexity index is 1000. The molecule has 0 saturated carbocycles. The summed E-state index contributed by atoms with van der Waals surface area (Å²) >= 11 is 0. The first-order valence-electron chi connectivity index (χ1n) is 7.90. The highest BCUT2D eigenvalue weighted by Crippen LogP contribution is 2.22. The van der Waals surface area contributed by atoms with Crippen LogP contribution in [0.3, 0.4) is 0 Å². The molecule has 0 fully saturated rings. The van der Waals surface area contributed by atoms with Crippen LogP contribution in [-0.4, -0.2) is 32.1 Å². The first kappa shape index (κ1) is 18.3. The van der Waals surface area contributed by atoms with Crippen LogP contribution < -0.4 is 9.73 Å². The molecular formula is C18H16N4O4S. The third-order valence-corrected chi connectivity index (χ3v) is 5.26. The zero-order chi connectivity index (χ0) is 19.1. The van der Waals surface area contributed by atoms with Crippen molar-refractivity contribution < 1.29 is 17.6 Å². The number of furan rings is 1. The Morgan fingerprint density at radius 1 is 1.15 bits per heavy atom. The molecular weight excluding hydrogens is 368 g/mol. The molecule has 1 aromatic carbocycles. The average molecular weight is 384 g/mol. The SMILES string of the molecule is O=C(CN(c1cccnc1)S(=O)(=O)c1ccccc1)N/N=C\c1ccco1. The summed E-state index contributed by atoms with van der Waals surface area (Å²) in [6.07, 6.45) is 5.68. The topological polar surface area (TPSA) is 105 Å². The Kier molecular flexibility index (Phi) is 5.62. The second-order valence-electron chi connectivity index (χ2n) is 5.34. The fourth-order valence-electron chi connectivity index (χ4n) is 2.23. The second-order valence-corrected chi connectivity index (χ2v) is 7.21. The van der Waals surface area contributed by atoms with E-state index in [0.29, 0.717) is 5.76 Å². The van der Waals surface area contributed by atoms with Crippen LogP contribution in [0.2, 0.25) is 0 Å². The van der Waals surface area contributed by atoms with Gasteiger partial charge in [-0.3, -0.25) is 14.1 Å². The summed E-state index contributed by atoms with van der Waals surface area (Å²) in [5.41, 5.74) is 2.56. The van der Waals surface area contributed by atoms with Gasteiger partial charge in [-0.1, -0.05) is 18.2 Å². The van der Waals surface area contributed by atoms with Gasteiger partial charge in [0.25, 0.3) is 15.9 Å². The number of hydrazone groups is 1. The summed E-state index contributed by atoms with van der Waals surface area (Å²) < 4.78 is 32.0. The summed E-state index contributed by atoms with van der Waals surface area (Å²) in [7, 11) is -3.96. The fraction of sp³-hybridized carbons (Fsp3) is 0.0556. The molecule has 1 amide bonds. The van der Waals surface area contributed by atoms with E-state index in [-0.39, 0.29) is 10.6 Å². The largest absolute Gasteiger partial charge is 0.463 e. The molecule has 0 aliphatic heterocycles. The predicted molar refractivity (Wildman–Crippen MR) is 99.7 cm³/mol. The number of hydrogen-bond donors (Lipinski definition) is 1. The number of pyridine rings is 1. The normalized spacial score (nSPS) is 11.4. The highest BCUT2D eigenvalue weighted by Gasteiger charge is 2.27. The molecule has 2 aromatic heterocycles. The van der Waals surface area contributed by atoms with Crippen LogP contribution in [0.15, 0.2) is 87.7 Å². The van der Waals surface area contributed by atoms with Crippen molar-refractivity contribution in [1.29, 1.82) is 0 Å². The average Bonchev–Trinajstić information content (AvgIpc) is 3.21. The van der Waals surface area contributed by atoms with Gasteiger partial charge in [-0.15, -0.1) is 0 Å². The zero-order valence-electron chi connectivity index (χ0n) is 14.1. The molecule has 2 heterocycles. The lowest BCUT2D eigenvalue weighted by molar-refractivity contribution is -0.119. The minimum Gasteiger partial charge on any atom is -0.463 e. The van der Waals surface area contributed by atoms with Gasteiger partial charge < -0.3 is 4.42 Å². The van der Waals surface area contributed by atoms with E-state index in [0.717, 1.165) is 4.31 Å². The fourth-order valence-corrected chi connectivity index (χ4v) is 3.66. The number of nitrogens with zero attached hydrogens (tertiary/aromatic N) is 3. The predicted octanol–water partition coefficient (Wildman–Crippen LogP) is 2.02. The van der Waals surface area contributed by atoms with Gasteiger partial charge in [0, 0.05) is 6.20 Å². The highest BCUT2D eigenvalue weighted by molar-refractivity contribution is 7.92. The van der Waals surface area contributed by atoms with E-state index >= 15 is 0 Å². The standard InChI is InChI=1S/C18H16N4O4S/c23-18(21-20-13-16-7-5-11-26-16)14-22(15-6-4-10-19-12-15)27(24,25)17-8-2-1-3-9-17/h1-13H,14H2,(H,21,23)/b20-13-. The van der Waals surface area contributed by atoms with E-state index in [1.54, 1.807) is 42.5 Å². The molecule has 0 radical (unpaired) electrons. The molecule has 3 rings (SSSR count). The van der Waals surface area contributed by atoms with E-state index in [2.05, 4.69) is 15.5 Å². The summed E-state index contributed by atoms with van der Waals surface area (Å²) in [6, 6.07) is 14.4. The minimum atomic E-state index is -3.96. The maximum absolute atomic E-state index is 13.0. The number of hydrogen-bond acceptors (Lipinski definition) is 6. The first-order chi connectivity index (χ1) is 13.1. The van der Waals surface area contributed by atoms with Gasteiger partial charge >= 0.3 is 0 Å².